The molecule has 11 heteroatoms. The molecule has 0 amide bonds. The summed E-state index contributed by atoms with van der Waals surface area (Å²) in [5, 5.41) is 31.3. The molecule has 194 valence electrons. The molecule has 1 aromatic rings. The lowest BCUT2D eigenvalue weighted by Crippen LogP contribution is -2.49. The first kappa shape index (κ1) is 28.6. The third-order valence-corrected chi connectivity index (χ3v) is 6.25. The van der Waals surface area contributed by atoms with Crippen LogP contribution in [0.25, 0.3) is 0 Å². The third kappa shape index (κ3) is 11.1. The Labute approximate surface area is 211 Å². The van der Waals surface area contributed by atoms with Crippen molar-refractivity contribution < 1.29 is 29.7 Å². The largest absolute Gasteiger partial charge is 0.480 e. The summed E-state index contributed by atoms with van der Waals surface area (Å²) in [6.07, 6.45) is 3.46. The van der Waals surface area contributed by atoms with Gasteiger partial charge in [-0.2, -0.15) is 0 Å². The van der Waals surface area contributed by atoms with E-state index in [1.807, 2.05) is 29.2 Å². The summed E-state index contributed by atoms with van der Waals surface area (Å²) in [5.74, 6) is -2.94. The minimum atomic E-state index is -0.982. The lowest BCUT2D eigenvalue weighted by molar-refractivity contribution is -0.140. The fourth-order valence-corrected chi connectivity index (χ4v) is 4.43. The van der Waals surface area contributed by atoms with Crippen LogP contribution in [0.2, 0.25) is 0 Å². The second-order valence-corrected chi connectivity index (χ2v) is 9.36. The van der Waals surface area contributed by atoms with Crippen molar-refractivity contribution in [2.24, 2.45) is 0 Å². The van der Waals surface area contributed by atoms with Gasteiger partial charge in [-0.1, -0.05) is 37.7 Å². The highest BCUT2D eigenvalue weighted by molar-refractivity contribution is 7.80. The molecule has 1 aliphatic rings. The first-order valence-corrected chi connectivity index (χ1v) is 12.3. The highest BCUT2D eigenvalue weighted by Gasteiger charge is 2.27. The van der Waals surface area contributed by atoms with Gasteiger partial charge in [-0.15, -0.1) is 0 Å². The number of thiocarbonyl (C=S) groups is 1. The van der Waals surface area contributed by atoms with Crippen molar-refractivity contribution in [1.82, 2.24) is 14.7 Å². The minimum absolute atomic E-state index is 0.179. The van der Waals surface area contributed by atoms with Crippen LogP contribution < -0.4 is 5.32 Å². The van der Waals surface area contributed by atoms with Crippen LogP contribution in [0.15, 0.2) is 24.3 Å². The predicted molar refractivity (Wildman–Crippen MR) is 137 cm³/mol. The van der Waals surface area contributed by atoms with E-state index in [0.717, 1.165) is 35.5 Å². The van der Waals surface area contributed by atoms with Crippen molar-refractivity contribution in [3.05, 3.63) is 29.8 Å². The Bertz CT molecular complexity index is 866. The number of unbranched alkanes of at least 4 members (excludes halogenated alkanes) is 1. The molecule has 1 aliphatic heterocycles. The van der Waals surface area contributed by atoms with E-state index in [4.69, 9.17) is 12.2 Å². The average Bonchev–Trinajstić information content (AvgIpc) is 2.84. The van der Waals surface area contributed by atoms with E-state index in [9.17, 15) is 29.7 Å². The summed E-state index contributed by atoms with van der Waals surface area (Å²) >= 11 is 5.38. The summed E-state index contributed by atoms with van der Waals surface area (Å²) < 4.78 is 0. The fraction of sp³-hybridized carbons (Fsp3) is 0.583. The van der Waals surface area contributed by atoms with Gasteiger partial charge >= 0.3 is 17.9 Å². The third-order valence-electron chi connectivity index (χ3n) is 5.94. The standard InChI is InChI=1S/C24H36N4O6S/c1-2-3-4-21(35)25-19-7-5-18(6-8-19)13-20-14-27(16-23(31)32)10-9-26(15-22(29)30)11-12-28(20)17-24(33)34/h5-8,20H,2-4,9-17H2,1H3,(H,25,35)(H,29,30)(H,31,32)(H,33,34). The van der Waals surface area contributed by atoms with Crippen molar-refractivity contribution in [3.8, 4) is 0 Å². The number of carboxylic acids is 3. The fourth-order valence-electron chi connectivity index (χ4n) is 4.17. The summed E-state index contributed by atoms with van der Waals surface area (Å²) in [5.41, 5.74) is 1.89. The topological polar surface area (TPSA) is 134 Å². The number of carboxylic acid groups (broad SMARTS) is 3. The highest BCUT2D eigenvalue weighted by Crippen LogP contribution is 2.17. The Balaban J connectivity index is 2.20. The molecular formula is C24H36N4O6S. The van der Waals surface area contributed by atoms with E-state index in [1.54, 1.807) is 9.80 Å². The van der Waals surface area contributed by atoms with E-state index < -0.39 is 17.9 Å². The Morgan fingerprint density at radius 1 is 0.914 bits per heavy atom. The molecule has 10 nitrogen and oxygen atoms in total. The highest BCUT2D eigenvalue weighted by atomic mass is 32.1. The molecule has 0 saturated carbocycles. The van der Waals surface area contributed by atoms with Crippen LogP contribution in [-0.2, 0) is 20.8 Å². The molecule has 35 heavy (non-hydrogen) atoms. The molecule has 0 aromatic heterocycles. The zero-order valence-corrected chi connectivity index (χ0v) is 21.0. The van der Waals surface area contributed by atoms with Gasteiger partial charge in [0.1, 0.15) is 0 Å². The molecular weight excluding hydrogens is 472 g/mol. The second-order valence-electron chi connectivity index (χ2n) is 8.87. The van der Waals surface area contributed by atoms with Gasteiger partial charge < -0.3 is 20.6 Å². The number of carbonyl (C=O) groups is 3. The number of hydrogen-bond acceptors (Lipinski definition) is 7. The van der Waals surface area contributed by atoms with Gasteiger partial charge in [0.15, 0.2) is 0 Å². The predicted octanol–water partition coefficient (Wildman–Crippen LogP) is 1.70. The maximum absolute atomic E-state index is 11.6. The molecule has 1 fully saturated rings. The molecule has 0 bridgehead atoms. The summed E-state index contributed by atoms with van der Waals surface area (Å²) in [4.78, 5) is 40.4. The Morgan fingerprint density at radius 3 is 2.09 bits per heavy atom. The Morgan fingerprint density at radius 2 is 1.49 bits per heavy atom. The maximum atomic E-state index is 11.6. The lowest BCUT2D eigenvalue weighted by atomic mass is 10.0. The van der Waals surface area contributed by atoms with Gasteiger partial charge in [-0.05, 0) is 37.0 Å². The van der Waals surface area contributed by atoms with Crippen molar-refractivity contribution in [3.63, 3.8) is 0 Å². The number of aliphatic carboxylic acids is 3. The van der Waals surface area contributed by atoms with Crippen molar-refractivity contribution in [2.75, 3.05) is 57.7 Å². The molecule has 1 atom stereocenters. The van der Waals surface area contributed by atoms with E-state index in [0.29, 0.717) is 39.1 Å². The van der Waals surface area contributed by atoms with Gasteiger partial charge in [0, 0.05) is 44.5 Å². The van der Waals surface area contributed by atoms with Crippen molar-refractivity contribution in [2.45, 2.75) is 38.6 Å². The van der Waals surface area contributed by atoms with Crippen LogP contribution in [0.4, 0.5) is 5.69 Å². The van der Waals surface area contributed by atoms with Gasteiger partial charge in [0.05, 0.1) is 24.6 Å². The molecule has 1 saturated heterocycles. The SMILES string of the molecule is CCCCC(=S)Nc1ccc(CC2CN(CC(=O)O)CCN(CC(=O)O)CCN2CC(=O)O)cc1. The number of hydrogen-bond donors (Lipinski definition) is 4. The number of nitrogens with zero attached hydrogens (tertiary/aromatic N) is 3. The normalized spacial score (nSPS) is 18.3. The van der Waals surface area contributed by atoms with E-state index in [-0.39, 0.29) is 25.7 Å². The zero-order chi connectivity index (χ0) is 25.8. The molecule has 0 spiro atoms. The number of rotatable bonds is 12. The molecule has 1 aromatic carbocycles. The van der Waals surface area contributed by atoms with Crippen LogP contribution in [0.1, 0.15) is 31.7 Å². The van der Waals surface area contributed by atoms with Gasteiger partial charge in [-0.25, -0.2) is 0 Å². The Kier molecular flexibility index (Phi) is 12.0. The van der Waals surface area contributed by atoms with Crippen LogP contribution in [0, 0.1) is 0 Å². The second kappa shape index (κ2) is 14.7. The summed E-state index contributed by atoms with van der Waals surface area (Å²) in [6, 6.07) is 7.56. The first-order valence-electron chi connectivity index (χ1n) is 11.9. The summed E-state index contributed by atoms with van der Waals surface area (Å²) in [7, 11) is 0. The number of anilines is 1. The van der Waals surface area contributed by atoms with Gasteiger partial charge in [0.2, 0.25) is 0 Å². The van der Waals surface area contributed by atoms with Crippen LogP contribution >= 0.6 is 12.2 Å². The molecule has 1 unspecified atom stereocenters. The number of nitrogens with one attached hydrogen (secondary N) is 1. The zero-order valence-electron chi connectivity index (χ0n) is 20.2. The summed E-state index contributed by atoms with van der Waals surface area (Å²) in [6.45, 7) is 3.42. The molecule has 0 aliphatic carbocycles. The lowest BCUT2D eigenvalue weighted by Gasteiger charge is -2.33. The van der Waals surface area contributed by atoms with Crippen LogP contribution in [-0.4, -0.2) is 111 Å². The van der Waals surface area contributed by atoms with Crippen molar-refractivity contribution >= 4 is 40.8 Å². The van der Waals surface area contributed by atoms with Crippen molar-refractivity contribution in [1.29, 1.82) is 0 Å². The van der Waals surface area contributed by atoms with E-state index in [2.05, 4.69) is 12.2 Å². The molecule has 4 N–H and O–H groups in total. The quantitative estimate of drug-likeness (QED) is 0.307. The molecule has 2 rings (SSSR count). The maximum Gasteiger partial charge on any atom is 0.317 e. The van der Waals surface area contributed by atoms with E-state index >= 15 is 0 Å². The van der Waals surface area contributed by atoms with Gasteiger partial charge in [0.25, 0.3) is 0 Å². The van der Waals surface area contributed by atoms with Crippen LogP contribution in [0.5, 0.6) is 0 Å². The number of benzene rings is 1. The monoisotopic (exact) mass is 508 g/mol. The minimum Gasteiger partial charge on any atom is -0.480 e. The van der Waals surface area contributed by atoms with E-state index in [1.165, 1.54) is 0 Å². The first-order chi connectivity index (χ1) is 16.7. The molecule has 1 heterocycles. The Hall–Kier alpha value is -2.60. The average molecular weight is 509 g/mol. The van der Waals surface area contributed by atoms with Gasteiger partial charge in [-0.3, -0.25) is 29.1 Å². The smallest absolute Gasteiger partial charge is 0.317 e. The van der Waals surface area contributed by atoms with Crippen LogP contribution in [0.3, 0.4) is 0 Å². The molecule has 0 radical (unpaired) electrons.